The molecule has 0 bridgehead atoms. The first-order valence-electron chi connectivity index (χ1n) is 7.92. The standard InChI is InChI=1S/C19H21N3O2/c1-13-7-9-15(10-8-13)22(3)17(23)11-20-16-6-4-5-14-12-21(2)19(24)18(14)16/h4-10,20H,11-12H2,1-3H3. The number of hydrogen-bond acceptors (Lipinski definition) is 3. The Bertz CT molecular complexity index is 784. The van der Waals surface area contributed by atoms with Crippen molar-refractivity contribution in [1.29, 1.82) is 0 Å². The third-order valence-corrected chi connectivity index (χ3v) is 4.34. The molecule has 1 aliphatic rings. The highest BCUT2D eigenvalue weighted by Gasteiger charge is 2.27. The van der Waals surface area contributed by atoms with Crippen molar-refractivity contribution in [3.05, 3.63) is 59.2 Å². The first kappa shape index (κ1) is 16.1. The van der Waals surface area contributed by atoms with Crippen LogP contribution in [0, 0.1) is 6.92 Å². The second-order valence-electron chi connectivity index (χ2n) is 6.14. The maximum absolute atomic E-state index is 12.4. The van der Waals surface area contributed by atoms with Crippen LogP contribution in [0.5, 0.6) is 0 Å². The van der Waals surface area contributed by atoms with Gasteiger partial charge in [-0.25, -0.2) is 0 Å². The molecule has 0 fully saturated rings. The van der Waals surface area contributed by atoms with Gasteiger partial charge in [0.25, 0.3) is 5.91 Å². The lowest BCUT2D eigenvalue weighted by Gasteiger charge is -2.19. The molecule has 0 aliphatic carbocycles. The van der Waals surface area contributed by atoms with Crippen molar-refractivity contribution in [2.45, 2.75) is 13.5 Å². The van der Waals surface area contributed by atoms with E-state index in [1.54, 1.807) is 23.9 Å². The van der Waals surface area contributed by atoms with Gasteiger partial charge >= 0.3 is 0 Å². The lowest BCUT2D eigenvalue weighted by atomic mass is 10.1. The van der Waals surface area contributed by atoms with Gasteiger partial charge in [-0.05, 0) is 30.7 Å². The predicted octanol–water partition coefficient (Wildman–Crippen LogP) is 2.66. The lowest BCUT2D eigenvalue weighted by molar-refractivity contribution is -0.116. The quantitative estimate of drug-likeness (QED) is 0.941. The molecule has 0 radical (unpaired) electrons. The number of nitrogens with one attached hydrogen (secondary N) is 1. The largest absolute Gasteiger partial charge is 0.375 e. The van der Waals surface area contributed by atoms with Crippen molar-refractivity contribution in [2.24, 2.45) is 0 Å². The van der Waals surface area contributed by atoms with E-state index < -0.39 is 0 Å². The summed E-state index contributed by atoms with van der Waals surface area (Å²) in [5.41, 5.74) is 4.38. The molecule has 0 aromatic heterocycles. The maximum atomic E-state index is 12.4. The van der Waals surface area contributed by atoms with E-state index in [0.29, 0.717) is 17.8 Å². The Labute approximate surface area is 141 Å². The van der Waals surface area contributed by atoms with E-state index in [4.69, 9.17) is 0 Å². The number of aryl methyl sites for hydroxylation is 1. The topological polar surface area (TPSA) is 52.7 Å². The van der Waals surface area contributed by atoms with Crippen LogP contribution >= 0.6 is 0 Å². The molecule has 1 heterocycles. The number of rotatable bonds is 4. The first-order valence-corrected chi connectivity index (χ1v) is 7.92. The summed E-state index contributed by atoms with van der Waals surface area (Å²) in [5, 5.41) is 3.12. The van der Waals surface area contributed by atoms with Crippen LogP contribution < -0.4 is 10.2 Å². The third kappa shape index (κ3) is 2.97. The molecule has 5 heteroatoms. The van der Waals surface area contributed by atoms with E-state index >= 15 is 0 Å². The van der Waals surface area contributed by atoms with E-state index in [1.165, 1.54) is 0 Å². The van der Waals surface area contributed by atoms with Gasteiger partial charge in [0, 0.05) is 32.0 Å². The van der Waals surface area contributed by atoms with Gasteiger partial charge in [-0.2, -0.15) is 0 Å². The molecule has 0 atom stereocenters. The normalized spacial score (nSPS) is 13.0. The summed E-state index contributed by atoms with van der Waals surface area (Å²) in [6.07, 6.45) is 0. The van der Waals surface area contributed by atoms with Crippen LogP contribution in [0.4, 0.5) is 11.4 Å². The highest BCUT2D eigenvalue weighted by molar-refractivity contribution is 6.04. The van der Waals surface area contributed by atoms with Crippen molar-refractivity contribution < 1.29 is 9.59 Å². The van der Waals surface area contributed by atoms with Gasteiger partial charge in [-0.1, -0.05) is 29.8 Å². The molecule has 124 valence electrons. The number of fused-ring (bicyclic) bond motifs is 1. The molecule has 1 N–H and O–H groups in total. The summed E-state index contributed by atoms with van der Waals surface area (Å²) in [6.45, 7) is 2.76. The van der Waals surface area contributed by atoms with E-state index in [2.05, 4.69) is 5.32 Å². The Morgan fingerprint density at radius 3 is 2.62 bits per heavy atom. The van der Waals surface area contributed by atoms with Crippen LogP contribution in [0.2, 0.25) is 0 Å². The predicted molar refractivity (Wildman–Crippen MR) is 95.3 cm³/mol. The first-order chi connectivity index (χ1) is 11.5. The Morgan fingerprint density at radius 2 is 1.92 bits per heavy atom. The minimum absolute atomic E-state index is 0.00700. The molecule has 0 saturated heterocycles. The molecule has 5 nitrogen and oxygen atoms in total. The SMILES string of the molecule is Cc1ccc(N(C)C(=O)CNc2cccc3c2C(=O)N(C)C3)cc1. The molecule has 0 saturated carbocycles. The van der Waals surface area contributed by atoms with Gasteiger partial charge < -0.3 is 15.1 Å². The molecule has 24 heavy (non-hydrogen) atoms. The zero-order valence-electron chi connectivity index (χ0n) is 14.2. The molecule has 2 aromatic carbocycles. The second kappa shape index (κ2) is 6.35. The summed E-state index contributed by atoms with van der Waals surface area (Å²) in [4.78, 5) is 27.9. The van der Waals surface area contributed by atoms with Crippen molar-refractivity contribution in [3.63, 3.8) is 0 Å². The van der Waals surface area contributed by atoms with Crippen LogP contribution in [0.15, 0.2) is 42.5 Å². The van der Waals surface area contributed by atoms with Crippen LogP contribution in [0.25, 0.3) is 0 Å². The molecular weight excluding hydrogens is 302 g/mol. The number of hydrogen-bond donors (Lipinski definition) is 1. The molecule has 3 rings (SSSR count). The van der Waals surface area contributed by atoms with Crippen molar-refractivity contribution in [2.75, 3.05) is 30.9 Å². The minimum atomic E-state index is -0.0599. The van der Waals surface area contributed by atoms with Crippen LogP contribution in [0.1, 0.15) is 21.5 Å². The summed E-state index contributed by atoms with van der Waals surface area (Å²) in [6, 6.07) is 13.5. The molecule has 2 amide bonds. The van der Waals surface area contributed by atoms with Gasteiger partial charge in [0.05, 0.1) is 12.1 Å². The molecular formula is C19H21N3O2. The number of likely N-dealkylation sites (N-methyl/N-ethyl adjacent to an activating group) is 1. The Hall–Kier alpha value is -2.82. The van der Waals surface area contributed by atoms with E-state index in [9.17, 15) is 9.59 Å². The summed E-state index contributed by atoms with van der Waals surface area (Å²) >= 11 is 0. The molecule has 0 unspecified atom stereocenters. The Kier molecular flexibility index (Phi) is 4.25. The minimum Gasteiger partial charge on any atom is -0.375 e. The smallest absolute Gasteiger partial charge is 0.256 e. The average Bonchev–Trinajstić information content (AvgIpc) is 2.88. The van der Waals surface area contributed by atoms with Crippen LogP contribution in [-0.4, -0.2) is 37.4 Å². The van der Waals surface area contributed by atoms with Gasteiger partial charge in [0.1, 0.15) is 0 Å². The highest BCUT2D eigenvalue weighted by atomic mass is 16.2. The van der Waals surface area contributed by atoms with E-state index in [1.807, 2.05) is 49.4 Å². The fourth-order valence-electron chi connectivity index (χ4n) is 2.85. The highest BCUT2D eigenvalue weighted by Crippen LogP contribution is 2.28. The fraction of sp³-hybridized carbons (Fsp3) is 0.263. The number of benzene rings is 2. The Morgan fingerprint density at radius 1 is 1.21 bits per heavy atom. The van der Waals surface area contributed by atoms with Crippen molar-refractivity contribution in [3.8, 4) is 0 Å². The number of amides is 2. The summed E-state index contributed by atoms with van der Waals surface area (Å²) in [7, 11) is 3.53. The van der Waals surface area contributed by atoms with Gasteiger partial charge in [0.15, 0.2) is 0 Å². The number of carbonyl (C=O) groups is 2. The van der Waals surface area contributed by atoms with E-state index in [0.717, 1.165) is 16.8 Å². The average molecular weight is 323 g/mol. The van der Waals surface area contributed by atoms with Crippen LogP contribution in [-0.2, 0) is 11.3 Å². The van der Waals surface area contributed by atoms with Crippen molar-refractivity contribution >= 4 is 23.2 Å². The molecule has 2 aromatic rings. The van der Waals surface area contributed by atoms with Crippen LogP contribution in [0.3, 0.4) is 0 Å². The van der Waals surface area contributed by atoms with Gasteiger partial charge in [-0.15, -0.1) is 0 Å². The van der Waals surface area contributed by atoms with E-state index in [-0.39, 0.29) is 18.4 Å². The Balaban J connectivity index is 1.71. The number of carbonyl (C=O) groups excluding carboxylic acids is 2. The number of anilines is 2. The summed E-state index contributed by atoms with van der Waals surface area (Å²) in [5.74, 6) is -0.0669. The zero-order chi connectivity index (χ0) is 17.3. The summed E-state index contributed by atoms with van der Waals surface area (Å²) < 4.78 is 0. The monoisotopic (exact) mass is 323 g/mol. The molecule has 1 aliphatic heterocycles. The van der Waals surface area contributed by atoms with Gasteiger partial charge in [0.2, 0.25) is 5.91 Å². The fourth-order valence-corrected chi connectivity index (χ4v) is 2.85. The maximum Gasteiger partial charge on any atom is 0.256 e. The van der Waals surface area contributed by atoms with Gasteiger partial charge in [-0.3, -0.25) is 9.59 Å². The van der Waals surface area contributed by atoms with Crippen molar-refractivity contribution in [1.82, 2.24) is 4.90 Å². The third-order valence-electron chi connectivity index (χ3n) is 4.34. The number of nitrogens with zero attached hydrogens (tertiary/aromatic N) is 2. The zero-order valence-corrected chi connectivity index (χ0v) is 14.2. The lowest BCUT2D eigenvalue weighted by Crippen LogP contribution is -2.32. The second-order valence-corrected chi connectivity index (χ2v) is 6.14. The molecule has 0 spiro atoms.